The van der Waals surface area contributed by atoms with E-state index in [2.05, 4.69) is 17.6 Å². The fourth-order valence-corrected chi connectivity index (χ4v) is 3.15. The number of methoxy groups -OCH3 is 1. The Kier molecular flexibility index (Phi) is 5.84. The summed E-state index contributed by atoms with van der Waals surface area (Å²) in [5.74, 6) is 0.792. The van der Waals surface area contributed by atoms with Gasteiger partial charge >= 0.3 is 0 Å². The minimum atomic E-state index is -0.0175. The first-order valence-corrected chi connectivity index (χ1v) is 9.09. The largest absolute Gasteiger partial charge is 0.497 e. The molecule has 0 amide bonds. The van der Waals surface area contributed by atoms with E-state index in [0.29, 0.717) is 11.6 Å². The number of benzene rings is 2. The van der Waals surface area contributed by atoms with E-state index in [1.54, 1.807) is 7.11 Å². The maximum Gasteiger partial charge on any atom is 0.119 e. The molecule has 0 aliphatic rings. The van der Waals surface area contributed by atoms with E-state index in [9.17, 15) is 0 Å². The summed E-state index contributed by atoms with van der Waals surface area (Å²) in [6.45, 7) is 4.36. The van der Waals surface area contributed by atoms with Crippen molar-refractivity contribution in [3.05, 3.63) is 41.4 Å². The minimum Gasteiger partial charge on any atom is -0.497 e. The fraction of sp³-hybridized carbons (Fsp3) is 0.316. The zero-order valence-electron chi connectivity index (χ0n) is 14.3. The number of hydrogen-bond donors (Lipinski definition) is 2. The molecule has 6 heteroatoms. The van der Waals surface area contributed by atoms with Crippen molar-refractivity contribution in [2.75, 3.05) is 32.1 Å². The average molecular weight is 378 g/mol. The molecule has 25 heavy (non-hydrogen) atoms. The van der Waals surface area contributed by atoms with Crippen molar-refractivity contribution in [2.24, 2.45) is 0 Å². The number of nitrogens with zero attached hydrogens (tertiary/aromatic N) is 1. The molecule has 0 saturated carbocycles. The second-order valence-electron chi connectivity index (χ2n) is 5.82. The SMILES string of the molecule is CCNCC(Cl)CNc1c2ccc(Cl)cc2nc2ccc(OC)cc12. The number of pyridine rings is 1. The molecule has 2 aromatic carbocycles. The van der Waals surface area contributed by atoms with Crippen LogP contribution in [0.3, 0.4) is 0 Å². The number of fused-ring (bicyclic) bond motifs is 2. The van der Waals surface area contributed by atoms with Crippen LogP contribution >= 0.6 is 23.2 Å². The molecule has 4 nitrogen and oxygen atoms in total. The van der Waals surface area contributed by atoms with Crippen LogP contribution in [-0.2, 0) is 0 Å². The monoisotopic (exact) mass is 377 g/mol. The van der Waals surface area contributed by atoms with Crippen molar-refractivity contribution < 1.29 is 4.74 Å². The Balaban J connectivity index is 2.06. The van der Waals surface area contributed by atoms with Gasteiger partial charge in [0, 0.05) is 28.9 Å². The Morgan fingerprint density at radius 1 is 1.08 bits per heavy atom. The second-order valence-corrected chi connectivity index (χ2v) is 6.87. The molecule has 1 aromatic heterocycles. The van der Waals surface area contributed by atoms with E-state index in [1.807, 2.05) is 36.4 Å². The predicted octanol–water partition coefficient (Wildman–Crippen LogP) is 4.68. The summed E-state index contributed by atoms with van der Waals surface area (Å²) < 4.78 is 5.37. The number of anilines is 1. The smallest absolute Gasteiger partial charge is 0.119 e. The van der Waals surface area contributed by atoms with Gasteiger partial charge in [0.25, 0.3) is 0 Å². The summed E-state index contributed by atoms with van der Waals surface area (Å²) in [6.07, 6.45) is 0. The van der Waals surface area contributed by atoms with Crippen LogP contribution < -0.4 is 15.4 Å². The number of aromatic nitrogens is 1. The third-order valence-electron chi connectivity index (χ3n) is 4.06. The number of rotatable bonds is 7. The maximum atomic E-state index is 6.41. The van der Waals surface area contributed by atoms with Crippen molar-refractivity contribution in [3.8, 4) is 5.75 Å². The van der Waals surface area contributed by atoms with Crippen molar-refractivity contribution >= 4 is 50.7 Å². The molecule has 0 saturated heterocycles. The maximum absolute atomic E-state index is 6.41. The van der Waals surface area contributed by atoms with Crippen molar-refractivity contribution in [2.45, 2.75) is 12.3 Å². The molecule has 0 spiro atoms. The highest BCUT2D eigenvalue weighted by Crippen LogP contribution is 2.34. The first-order valence-electron chi connectivity index (χ1n) is 8.28. The lowest BCUT2D eigenvalue weighted by Gasteiger charge is -2.16. The molecule has 3 rings (SSSR count). The van der Waals surface area contributed by atoms with E-state index in [0.717, 1.165) is 46.3 Å². The van der Waals surface area contributed by atoms with Gasteiger partial charge in [0.2, 0.25) is 0 Å². The Hall–Kier alpha value is -1.75. The number of halogens is 2. The minimum absolute atomic E-state index is 0.0175. The Bertz CT molecular complexity index is 885. The highest BCUT2D eigenvalue weighted by atomic mass is 35.5. The lowest BCUT2D eigenvalue weighted by molar-refractivity contribution is 0.415. The Labute approximate surface area is 157 Å². The lowest BCUT2D eigenvalue weighted by atomic mass is 10.1. The van der Waals surface area contributed by atoms with Crippen molar-refractivity contribution in [1.82, 2.24) is 10.3 Å². The number of ether oxygens (including phenoxy) is 1. The molecule has 3 aromatic rings. The van der Waals surface area contributed by atoms with Gasteiger partial charge in [0.15, 0.2) is 0 Å². The molecule has 0 aliphatic carbocycles. The molecule has 0 radical (unpaired) electrons. The van der Waals surface area contributed by atoms with Gasteiger partial charge < -0.3 is 15.4 Å². The van der Waals surface area contributed by atoms with Crippen LogP contribution in [0.2, 0.25) is 5.02 Å². The number of nitrogens with one attached hydrogen (secondary N) is 2. The summed E-state index contributed by atoms with van der Waals surface area (Å²) in [4.78, 5) is 4.73. The first kappa shape index (κ1) is 18.1. The van der Waals surface area contributed by atoms with Gasteiger partial charge in [0.1, 0.15) is 5.75 Å². The standard InChI is InChI=1S/C19H21Cl2N3O/c1-3-22-10-13(21)11-23-19-15-6-4-12(20)8-18(15)24-17-7-5-14(25-2)9-16(17)19/h4-9,13,22H,3,10-11H2,1-2H3,(H,23,24). The topological polar surface area (TPSA) is 46.2 Å². The molecule has 2 N–H and O–H groups in total. The number of alkyl halides is 1. The molecular formula is C19H21Cl2N3O. The normalized spacial score (nSPS) is 12.5. The molecule has 1 heterocycles. The third kappa shape index (κ3) is 4.09. The summed E-state index contributed by atoms with van der Waals surface area (Å²) >= 11 is 12.6. The van der Waals surface area contributed by atoms with Crippen LogP contribution in [0.25, 0.3) is 21.8 Å². The lowest BCUT2D eigenvalue weighted by Crippen LogP contribution is -2.28. The van der Waals surface area contributed by atoms with Gasteiger partial charge in [-0.2, -0.15) is 0 Å². The van der Waals surface area contributed by atoms with E-state index < -0.39 is 0 Å². The van der Waals surface area contributed by atoms with Crippen molar-refractivity contribution in [1.29, 1.82) is 0 Å². The molecule has 0 fully saturated rings. The van der Waals surface area contributed by atoms with Gasteiger partial charge in [0.05, 0.1) is 29.2 Å². The molecule has 0 aliphatic heterocycles. The van der Waals surface area contributed by atoms with Gasteiger partial charge in [-0.3, -0.25) is 0 Å². The highest BCUT2D eigenvalue weighted by molar-refractivity contribution is 6.31. The Morgan fingerprint density at radius 3 is 2.68 bits per heavy atom. The molecule has 132 valence electrons. The van der Waals surface area contributed by atoms with Crippen LogP contribution in [0.15, 0.2) is 36.4 Å². The quantitative estimate of drug-likeness (QED) is 0.463. The average Bonchev–Trinajstić information content (AvgIpc) is 2.62. The van der Waals surface area contributed by atoms with Crippen LogP contribution in [0.1, 0.15) is 6.92 Å². The van der Waals surface area contributed by atoms with Gasteiger partial charge in [-0.05, 0) is 42.9 Å². The van der Waals surface area contributed by atoms with Crippen LogP contribution in [0.5, 0.6) is 5.75 Å². The summed E-state index contributed by atoms with van der Waals surface area (Å²) in [7, 11) is 1.66. The molecule has 0 bridgehead atoms. The zero-order chi connectivity index (χ0) is 17.8. The fourth-order valence-electron chi connectivity index (χ4n) is 2.80. The highest BCUT2D eigenvalue weighted by Gasteiger charge is 2.12. The van der Waals surface area contributed by atoms with Crippen LogP contribution in [0.4, 0.5) is 5.69 Å². The van der Waals surface area contributed by atoms with E-state index in [-0.39, 0.29) is 5.38 Å². The summed E-state index contributed by atoms with van der Waals surface area (Å²) in [6, 6.07) is 11.6. The second kappa shape index (κ2) is 8.09. The van der Waals surface area contributed by atoms with Gasteiger partial charge in [-0.1, -0.05) is 18.5 Å². The van der Waals surface area contributed by atoms with E-state index in [1.165, 1.54) is 0 Å². The van der Waals surface area contributed by atoms with Gasteiger partial charge in [-0.15, -0.1) is 11.6 Å². The molecule has 1 atom stereocenters. The first-order chi connectivity index (χ1) is 12.1. The summed E-state index contributed by atoms with van der Waals surface area (Å²) in [5, 5.41) is 9.43. The van der Waals surface area contributed by atoms with E-state index >= 15 is 0 Å². The van der Waals surface area contributed by atoms with Gasteiger partial charge in [-0.25, -0.2) is 4.98 Å². The predicted molar refractivity (Wildman–Crippen MR) is 107 cm³/mol. The molecular weight excluding hydrogens is 357 g/mol. The van der Waals surface area contributed by atoms with Crippen LogP contribution in [0, 0.1) is 0 Å². The van der Waals surface area contributed by atoms with Crippen molar-refractivity contribution in [3.63, 3.8) is 0 Å². The van der Waals surface area contributed by atoms with E-state index in [4.69, 9.17) is 32.9 Å². The Morgan fingerprint density at radius 2 is 1.92 bits per heavy atom. The zero-order valence-corrected chi connectivity index (χ0v) is 15.8. The third-order valence-corrected chi connectivity index (χ3v) is 4.60. The molecule has 1 unspecified atom stereocenters. The summed E-state index contributed by atoms with van der Waals surface area (Å²) in [5.41, 5.74) is 2.74. The number of hydrogen-bond acceptors (Lipinski definition) is 4. The van der Waals surface area contributed by atoms with Crippen LogP contribution in [-0.4, -0.2) is 37.1 Å².